The molecule has 0 aliphatic heterocycles. The molecule has 0 aliphatic rings. The Hall–Kier alpha value is -1.38. The van der Waals surface area contributed by atoms with E-state index in [1.54, 1.807) is 0 Å². The third kappa shape index (κ3) is 0.897. The summed E-state index contributed by atoms with van der Waals surface area (Å²) in [5, 5.41) is 4.32. The van der Waals surface area contributed by atoms with Gasteiger partial charge < -0.3 is 0 Å². The van der Waals surface area contributed by atoms with Crippen molar-refractivity contribution < 1.29 is 4.57 Å². The number of hydrogen-bond acceptors (Lipinski definition) is 1. The summed E-state index contributed by atoms with van der Waals surface area (Å²) in [6, 6.07) is 2.09. The van der Waals surface area contributed by atoms with E-state index in [4.69, 9.17) is 0 Å². The summed E-state index contributed by atoms with van der Waals surface area (Å²) >= 11 is 0. The third-order valence-corrected chi connectivity index (χ3v) is 2.19. The largest absolute Gasteiger partial charge is 0.228 e. The molecule has 0 unspecified atom stereocenters. The zero-order valence-electron chi connectivity index (χ0n) is 7.57. The van der Waals surface area contributed by atoms with Gasteiger partial charge in [-0.2, -0.15) is 5.10 Å². The van der Waals surface area contributed by atoms with Gasteiger partial charge in [0.1, 0.15) is 12.6 Å². The van der Waals surface area contributed by atoms with E-state index >= 15 is 0 Å². The normalized spacial score (nSPS) is 10.9. The monoisotopic (exact) mass is 162 g/mol. The summed E-state index contributed by atoms with van der Waals surface area (Å²) in [5.74, 6) is 0. The quantitative estimate of drug-likeness (QED) is 0.524. The molecule has 0 fully saturated rings. The number of hydrogen-bond donors (Lipinski definition) is 0. The Morgan fingerprint density at radius 1 is 1.42 bits per heavy atom. The summed E-state index contributed by atoms with van der Waals surface area (Å²) in [6.07, 6.45) is 3.98. The van der Waals surface area contributed by atoms with Crippen LogP contribution in [0.5, 0.6) is 0 Å². The van der Waals surface area contributed by atoms with Crippen LogP contribution in [0, 0.1) is 13.8 Å². The van der Waals surface area contributed by atoms with Gasteiger partial charge in [-0.3, -0.25) is 0 Å². The van der Waals surface area contributed by atoms with Crippen LogP contribution >= 0.6 is 0 Å². The maximum absolute atomic E-state index is 4.32. The molecule has 0 radical (unpaired) electrons. The second-order valence-corrected chi connectivity index (χ2v) is 3.11. The maximum atomic E-state index is 4.32. The molecule has 2 rings (SSSR count). The first kappa shape index (κ1) is 7.28. The van der Waals surface area contributed by atoms with E-state index in [1.165, 1.54) is 11.2 Å². The minimum Gasteiger partial charge on any atom is -0.228 e. The number of aryl methyl sites for hydroxylation is 3. The van der Waals surface area contributed by atoms with Gasteiger partial charge in [0.25, 0.3) is 0 Å². The molecular formula is C9H12N3+. The Morgan fingerprint density at radius 2 is 2.17 bits per heavy atom. The molecule has 2 heterocycles. The van der Waals surface area contributed by atoms with Crippen molar-refractivity contribution in [3.05, 3.63) is 29.8 Å². The van der Waals surface area contributed by atoms with Crippen LogP contribution in [0.3, 0.4) is 0 Å². The number of aromatic nitrogens is 3. The van der Waals surface area contributed by atoms with Gasteiger partial charge in [-0.15, -0.1) is 0 Å². The van der Waals surface area contributed by atoms with Crippen LogP contribution in [0.4, 0.5) is 0 Å². The van der Waals surface area contributed by atoms with Crippen molar-refractivity contribution in [1.82, 2.24) is 9.61 Å². The molecule has 0 aliphatic carbocycles. The van der Waals surface area contributed by atoms with Gasteiger partial charge in [0.2, 0.25) is 5.69 Å². The zero-order valence-corrected chi connectivity index (χ0v) is 7.57. The first-order valence-corrected chi connectivity index (χ1v) is 4.00. The van der Waals surface area contributed by atoms with Crippen molar-refractivity contribution in [3.63, 3.8) is 0 Å². The zero-order chi connectivity index (χ0) is 8.72. The lowest BCUT2D eigenvalue weighted by atomic mass is 10.3. The van der Waals surface area contributed by atoms with Crippen LogP contribution in [0.1, 0.15) is 11.4 Å². The van der Waals surface area contributed by atoms with E-state index < -0.39 is 0 Å². The molecule has 0 bridgehead atoms. The van der Waals surface area contributed by atoms with Crippen molar-refractivity contribution >= 4 is 5.52 Å². The molecule has 2 aromatic heterocycles. The summed E-state index contributed by atoms with van der Waals surface area (Å²) in [4.78, 5) is 0. The fraction of sp³-hybridized carbons (Fsp3) is 0.333. The van der Waals surface area contributed by atoms with Crippen molar-refractivity contribution in [3.8, 4) is 0 Å². The average molecular weight is 162 g/mol. The van der Waals surface area contributed by atoms with Gasteiger partial charge in [0.05, 0.1) is 11.9 Å². The molecule has 3 nitrogen and oxygen atoms in total. The standard InChI is InChI=1S/C9H12N3/c1-7-6-9-8(2)11(3)4-5-12(9)10-7/h4-6H,1-3H3/q+1. The maximum Gasteiger partial charge on any atom is 0.203 e. The van der Waals surface area contributed by atoms with E-state index in [2.05, 4.69) is 22.7 Å². The Balaban J connectivity index is 2.89. The van der Waals surface area contributed by atoms with Crippen LogP contribution in [-0.4, -0.2) is 9.61 Å². The third-order valence-electron chi connectivity index (χ3n) is 2.19. The lowest BCUT2D eigenvalue weighted by Gasteiger charge is -1.94. The molecule has 3 heteroatoms. The van der Waals surface area contributed by atoms with Crippen molar-refractivity contribution in [2.45, 2.75) is 13.8 Å². The fourth-order valence-electron chi connectivity index (χ4n) is 1.36. The van der Waals surface area contributed by atoms with Crippen LogP contribution in [-0.2, 0) is 7.05 Å². The smallest absolute Gasteiger partial charge is 0.203 e. The lowest BCUT2D eigenvalue weighted by molar-refractivity contribution is -0.676. The van der Waals surface area contributed by atoms with Crippen LogP contribution in [0.2, 0.25) is 0 Å². The highest BCUT2D eigenvalue weighted by molar-refractivity contribution is 5.49. The van der Waals surface area contributed by atoms with Gasteiger partial charge in [-0.05, 0) is 13.0 Å². The second kappa shape index (κ2) is 2.30. The van der Waals surface area contributed by atoms with E-state index in [0.29, 0.717) is 0 Å². The Kier molecular flexibility index (Phi) is 1.40. The predicted molar refractivity (Wildman–Crippen MR) is 45.8 cm³/mol. The molecule has 0 N–H and O–H groups in total. The highest BCUT2D eigenvalue weighted by Crippen LogP contribution is 2.06. The minimum absolute atomic E-state index is 1.06. The first-order chi connectivity index (χ1) is 5.68. The van der Waals surface area contributed by atoms with E-state index in [9.17, 15) is 0 Å². The molecule has 0 atom stereocenters. The van der Waals surface area contributed by atoms with Gasteiger partial charge in [0.15, 0.2) is 6.20 Å². The molecule has 0 aromatic carbocycles. The van der Waals surface area contributed by atoms with Crippen molar-refractivity contribution in [2.24, 2.45) is 7.05 Å². The summed E-state index contributed by atoms with van der Waals surface area (Å²) in [6.45, 7) is 4.10. The molecule has 0 saturated carbocycles. The fourth-order valence-corrected chi connectivity index (χ4v) is 1.36. The molecule has 62 valence electrons. The molecular weight excluding hydrogens is 150 g/mol. The Morgan fingerprint density at radius 3 is 2.92 bits per heavy atom. The van der Waals surface area contributed by atoms with Gasteiger partial charge in [-0.25, -0.2) is 9.08 Å². The highest BCUT2D eigenvalue weighted by atomic mass is 15.2. The highest BCUT2D eigenvalue weighted by Gasteiger charge is 2.07. The Labute approximate surface area is 71.3 Å². The minimum atomic E-state index is 1.06. The second-order valence-electron chi connectivity index (χ2n) is 3.11. The molecule has 12 heavy (non-hydrogen) atoms. The van der Waals surface area contributed by atoms with E-state index in [-0.39, 0.29) is 0 Å². The SMILES string of the molecule is Cc1cc2c(C)[n+](C)ccn2n1. The van der Waals surface area contributed by atoms with Crippen molar-refractivity contribution in [1.29, 1.82) is 0 Å². The average Bonchev–Trinajstić information content (AvgIpc) is 2.39. The topological polar surface area (TPSA) is 21.2 Å². The van der Waals surface area contributed by atoms with Crippen LogP contribution < -0.4 is 4.57 Å². The summed E-state index contributed by atoms with van der Waals surface area (Å²) in [7, 11) is 2.04. The molecule has 2 aromatic rings. The Bertz CT molecular complexity index is 429. The molecule has 0 spiro atoms. The van der Waals surface area contributed by atoms with E-state index in [1.807, 2.05) is 30.9 Å². The first-order valence-electron chi connectivity index (χ1n) is 4.00. The number of fused-ring (bicyclic) bond motifs is 1. The number of nitrogens with zero attached hydrogens (tertiary/aromatic N) is 3. The summed E-state index contributed by atoms with van der Waals surface area (Å²) < 4.78 is 4.00. The molecule has 0 amide bonds. The van der Waals surface area contributed by atoms with Crippen LogP contribution in [0.25, 0.3) is 5.52 Å². The van der Waals surface area contributed by atoms with Crippen LogP contribution in [0.15, 0.2) is 18.5 Å². The molecule has 0 saturated heterocycles. The van der Waals surface area contributed by atoms with Gasteiger partial charge in [-0.1, -0.05) is 0 Å². The summed E-state index contributed by atoms with van der Waals surface area (Å²) in [5.41, 5.74) is 3.47. The van der Waals surface area contributed by atoms with Gasteiger partial charge >= 0.3 is 0 Å². The predicted octanol–water partition coefficient (Wildman–Crippen LogP) is 0.776. The van der Waals surface area contributed by atoms with Gasteiger partial charge in [0, 0.05) is 6.92 Å². The van der Waals surface area contributed by atoms with E-state index in [0.717, 1.165) is 5.69 Å². The lowest BCUT2D eigenvalue weighted by Crippen LogP contribution is -2.31. The van der Waals surface area contributed by atoms with Crippen molar-refractivity contribution in [2.75, 3.05) is 0 Å². The number of rotatable bonds is 0.